The van der Waals surface area contributed by atoms with E-state index in [-0.39, 0.29) is 24.5 Å². The Morgan fingerprint density at radius 2 is 2.00 bits per heavy atom. The van der Waals surface area contributed by atoms with Crippen LogP contribution in [0.4, 0.5) is 17.6 Å². The maximum Gasteiger partial charge on any atom is 0.573 e. The number of carbonyl (C=O) groups excluding carboxylic acids is 1. The van der Waals surface area contributed by atoms with Gasteiger partial charge in [0.2, 0.25) is 0 Å². The molecule has 2 aromatic rings. The number of carbonyl (C=O) groups is 1. The van der Waals surface area contributed by atoms with E-state index in [1.165, 1.54) is 13.2 Å². The predicted molar refractivity (Wildman–Crippen MR) is 90.6 cm³/mol. The SMILES string of the molecule is CC[C@@H](CC(=O)c1cc(=O)[nH]c(COC)n1)c1ccc(OC(F)(F)F)c(F)c1. The van der Waals surface area contributed by atoms with E-state index in [4.69, 9.17) is 4.74 Å². The molecular weight excluding hydrogens is 384 g/mol. The Bertz CT molecular complexity index is 896. The first-order valence-corrected chi connectivity index (χ1v) is 8.30. The molecule has 0 aliphatic rings. The molecule has 0 amide bonds. The fourth-order valence-electron chi connectivity index (χ4n) is 2.66. The summed E-state index contributed by atoms with van der Waals surface area (Å²) in [5, 5.41) is 0. The van der Waals surface area contributed by atoms with Crippen LogP contribution < -0.4 is 10.3 Å². The molecule has 0 aliphatic heterocycles. The number of ketones is 1. The number of aromatic nitrogens is 2. The number of hydrogen-bond donors (Lipinski definition) is 1. The molecule has 0 saturated carbocycles. The number of H-pyrrole nitrogens is 1. The third-order valence-electron chi connectivity index (χ3n) is 3.94. The number of Topliss-reactive ketones (excluding diaryl/α,β-unsaturated/α-hetero) is 1. The van der Waals surface area contributed by atoms with Crippen LogP contribution in [0.5, 0.6) is 5.75 Å². The number of nitrogens with zero attached hydrogens (tertiary/aromatic N) is 1. The third kappa shape index (κ3) is 5.88. The van der Waals surface area contributed by atoms with Gasteiger partial charge in [-0.1, -0.05) is 13.0 Å². The topological polar surface area (TPSA) is 81.3 Å². The Balaban J connectivity index is 2.21. The van der Waals surface area contributed by atoms with Gasteiger partial charge in [-0.3, -0.25) is 9.59 Å². The lowest BCUT2D eigenvalue weighted by Crippen LogP contribution is -2.18. The Morgan fingerprint density at radius 1 is 1.29 bits per heavy atom. The zero-order chi connectivity index (χ0) is 20.9. The molecule has 0 fully saturated rings. The van der Waals surface area contributed by atoms with Crippen molar-refractivity contribution >= 4 is 5.78 Å². The minimum Gasteiger partial charge on any atom is -0.403 e. The molecule has 10 heteroatoms. The molecule has 1 atom stereocenters. The van der Waals surface area contributed by atoms with Crippen LogP contribution in [0.15, 0.2) is 29.1 Å². The molecule has 152 valence electrons. The average molecular weight is 402 g/mol. The van der Waals surface area contributed by atoms with Crippen LogP contribution in [0.2, 0.25) is 0 Å². The highest BCUT2D eigenvalue weighted by atomic mass is 19.4. The predicted octanol–water partition coefficient (Wildman–Crippen LogP) is 3.72. The van der Waals surface area contributed by atoms with Crippen LogP contribution >= 0.6 is 0 Å². The molecule has 0 radical (unpaired) electrons. The molecule has 0 aliphatic carbocycles. The molecule has 0 unspecified atom stereocenters. The van der Waals surface area contributed by atoms with E-state index < -0.39 is 35.2 Å². The van der Waals surface area contributed by atoms with Crippen LogP contribution in [-0.4, -0.2) is 29.2 Å². The van der Waals surface area contributed by atoms with Crippen molar-refractivity contribution < 1.29 is 31.8 Å². The van der Waals surface area contributed by atoms with E-state index in [1.54, 1.807) is 6.92 Å². The first kappa shape index (κ1) is 21.5. The average Bonchev–Trinajstić information content (AvgIpc) is 2.60. The van der Waals surface area contributed by atoms with Crippen molar-refractivity contribution in [1.82, 2.24) is 9.97 Å². The van der Waals surface area contributed by atoms with Crippen LogP contribution in [0, 0.1) is 5.82 Å². The van der Waals surface area contributed by atoms with Gasteiger partial charge in [0.25, 0.3) is 5.56 Å². The van der Waals surface area contributed by atoms with Crippen molar-refractivity contribution in [2.24, 2.45) is 0 Å². The van der Waals surface area contributed by atoms with Crippen LogP contribution in [0.3, 0.4) is 0 Å². The van der Waals surface area contributed by atoms with Crippen molar-refractivity contribution in [3.05, 3.63) is 57.5 Å². The quantitative estimate of drug-likeness (QED) is 0.538. The Hall–Kier alpha value is -2.75. The Labute approximate surface area is 157 Å². The molecule has 28 heavy (non-hydrogen) atoms. The van der Waals surface area contributed by atoms with Crippen LogP contribution in [-0.2, 0) is 11.3 Å². The summed E-state index contributed by atoms with van der Waals surface area (Å²) in [5.41, 5.74) is -0.241. The Morgan fingerprint density at radius 3 is 2.57 bits per heavy atom. The van der Waals surface area contributed by atoms with Gasteiger partial charge in [0.05, 0.1) is 0 Å². The molecule has 0 bridgehead atoms. The van der Waals surface area contributed by atoms with Crippen LogP contribution in [0.25, 0.3) is 0 Å². The highest BCUT2D eigenvalue weighted by Crippen LogP contribution is 2.31. The number of hydrogen-bond acceptors (Lipinski definition) is 5. The first-order valence-electron chi connectivity index (χ1n) is 8.30. The molecule has 2 rings (SSSR count). The molecule has 0 spiro atoms. The third-order valence-corrected chi connectivity index (χ3v) is 3.94. The molecular formula is C18H18F4N2O4. The number of benzene rings is 1. The van der Waals surface area contributed by atoms with E-state index in [9.17, 15) is 27.2 Å². The normalized spacial score (nSPS) is 12.6. The molecule has 1 aromatic heterocycles. The minimum atomic E-state index is -5.01. The summed E-state index contributed by atoms with van der Waals surface area (Å²) in [6, 6.07) is 4.10. The second-order valence-electron chi connectivity index (χ2n) is 5.98. The van der Waals surface area contributed by atoms with Gasteiger partial charge in [-0.15, -0.1) is 13.2 Å². The standard InChI is InChI=1S/C18H18F4N2O4/c1-3-10(11-4-5-15(12(19)6-11)28-18(20,21)22)7-14(25)13-8-17(26)24-16(23-13)9-27-2/h4-6,8,10H,3,7,9H2,1-2H3,(H,23,24,26)/t10-/m0/s1. The van der Waals surface area contributed by atoms with Gasteiger partial charge in [-0.25, -0.2) is 9.37 Å². The summed E-state index contributed by atoms with van der Waals surface area (Å²) in [4.78, 5) is 30.6. The summed E-state index contributed by atoms with van der Waals surface area (Å²) in [6.07, 6.45) is -4.69. The summed E-state index contributed by atoms with van der Waals surface area (Å²) in [6.45, 7) is 1.76. The van der Waals surface area contributed by atoms with E-state index in [0.717, 1.165) is 18.2 Å². The van der Waals surface area contributed by atoms with Gasteiger partial charge in [-0.2, -0.15) is 0 Å². The van der Waals surface area contributed by atoms with Crippen molar-refractivity contribution in [1.29, 1.82) is 0 Å². The number of aromatic amines is 1. The maximum atomic E-state index is 13.9. The second kappa shape index (κ2) is 8.96. The van der Waals surface area contributed by atoms with E-state index >= 15 is 0 Å². The smallest absolute Gasteiger partial charge is 0.403 e. The van der Waals surface area contributed by atoms with Crippen molar-refractivity contribution in [3.63, 3.8) is 0 Å². The summed E-state index contributed by atoms with van der Waals surface area (Å²) in [5.74, 6) is -2.87. The lowest BCUT2D eigenvalue weighted by molar-refractivity contribution is -0.275. The number of rotatable bonds is 8. The van der Waals surface area contributed by atoms with Gasteiger partial charge >= 0.3 is 6.36 Å². The summed E-state index contributed by atoms with van der Waals surface area (Å²) in [7, 11) is 1.41. The fraction of sp³-hybridized carbons (Fsp3) is 0.389. The largest absolute Gasteiger partial charge is 0.573 e. The first-order chi connectivity index (χ1) is 13.1. The van der Waals surface area contributed by atoms with Crippen molar-refractivity contribution in [2.45, 2.75) is 38.7 Å². The number of methoxy groups -OCH3 is 1. The molecule has 0 saturated heterocycles. The zero-order valence-corrected chi connectivity index (χ0v) is 15.1. The Kier molecular flexibility index (Phi) is 6.90. The van der Waals surface area contributed by atoms with Gasteiger partial charge in [0.1, 0.15) is 18.1 Å². The lowest BCUT2D eigenvalue weighted by atomic mass is 9.90. The highest BCUT2D eigenvalue weighted by molar-refractivity contribution is 5.94. The van der Waals surface area contributed by atoms with E-state index in [2.05, 4.69) is 14.7 Å². The number of ether oxygens (including phenoxy) is 2. The summed E-state index contributed by atoms with van der Waals surface area (Å²) >= 11 is 0. The molecule has 6 nitrogen and oxygen atoms in total. The highest BCUT2D eigenvalue weighted by Gasteiger charge is 2.32. The van der Waals surface area contributed by atoms with Gasteiger partial charge < -0.3 is 14.5 Å². The summed E-state index contributed by atoms with van der Waals surface area (Å²) < 4.78 is 59.2. The van der Waals surface area contributed by atoms with E-state index in [1.807, 2.05) is 0 Å². The number of nitrogens with one attached hydrogen (secondary N) is 1. The lowest BCUT2D eigenvalue weighted by Gasteiger charge is -2.16. The second-order valence-corrected chi connectivity index (χ2v) is 5.98. The number of alkyl halides is 3. The molecule has 1 N–H and O–H groups in total. The van der Waals surface area contributed by atoms with Crippen molar-refractivity contribution in [2.75, 3.05) is 7.11 Å². The van der Waals surface area contributed by atoms with Gasteiger partial charge in [0.15, 0.2) is 17.3 Å². The van der Waals surface area contributed by atoms with E-state index in [0.29, 0.717) is 12.0 Å². The molecule has 1 heterocycles. The minimum absolute atomic E-state index is 0.0133. The monoisotopic (exact) mass is 402 g/mol. The van der Waals surface area contributed by atoms with Crippen LogP contribution in [0.1, 0.15) is 47.6 Å². The van der Waals surface area contributed by atoms with Crippen molar-refractivity contribution in [3.8, 4) is 5.75 Å². The zero-order valence-electron chi connectivity index (χ0n) is 15.1. The molecule has 1 aromatic carbocycles. The van der Waals surface area contributed by atoms with Gasteiger partial charge in [0, 0.05) is 19.6 Å². The van der Waals surface area contributed by atoms with Gasteiger partial charge in [-0.05, 0) is 30.0 Å². The maximum absolute atomic E-state index is 13.9. The fourth-order valence-corrected chi connectivity index (χ4v) is 2.66. The number of halogens is 4.